The molecule has 220 valence electrons. The highest BCUT2D eigenvalue weighted by atomic mass is 16.6. The second-order valence-corrected chi connectivity index (χ2v) is 11.3. The summed E-state index contributed by atoms with van der Waals surface area (Å²) in [7, 11) is 1.65. The molecule has 6 rings (SSSR count). The van der Waals surface area contributed by atoms with E-state index in [4.69, 9.17) is 14.2 Å². The van der Waals surface area contributed by atoms with E-state index in [-0.39, 0.29) is 6.09 Å². The van der Waals surface area contributed by atoms with Crippen LogP contribution in [0.5, 0.6) is 17.2 Å². The number of rotatable bonds is 6. The van der Waals surface area contributed by atoms with Crippen LogP contribution in [0.25, 0.3) is 22.1 Å². The average molecular weight is 580 g/mol. The number of ether oxygens (including phenoxy) is 3. The van der Waals surface area contributed by atoms with E-state index >= 15 is 0 Å². The molecule has 11 nitrogen and oxygen atoms in total. The zero-order valence-electron chi connectivity index (χ0n) is 24.8. The van der Waals surface area contributed by atoms with E-state index in [1.54, 1.807) is 16.5 Å². The van der Waals surface area contributed by atoms with Crippen molar-refractivity contribution >= 4 is 39.7 Å². The molecule has 0 saturated heterocycles. The lowest BCUT2D eigenvalue weighted by molar-refractivity contribution is 0.0270. The van der Waals surface area contributed by atoms with Crippen molar-refractivity contribution in [2.24, 2.45) is 0 Å². The molecular weight excluding hydrogens is 546 g/mol. The Hall–Kier alpha value is -5.19. The second kappa shape index (κ2) is 11.2. The number of anilines is 2. The highest BCUT2D eigenvalue weighted by molar-refractivity contribution is 5.99. The van der Waals surface area contributed by atoms with Crippen LogP contribution < -0.4 is 14.8 Å². The minimum absolute atomic E-state index is 0.309. The van der Waals surface area contributed by atoms with Crippen LogP contribution in [0.15, 0.2) is 67.4 Å². The number of hydrogen-bond donors (Lipinski definition) is 1. The van der Waals surface area contributed by atoms with Gasteiger partial charge in [-0.2, -0.15) is 5.10 Å². The van der Waals surface area contributed by atoms with Gasteiger partial charge in [0.15, 0.2) is 5.65 Å². The summed E-state index contributed by atoms with van der Waals surface area (Å²) in [5.41, 5.74) is 4.75. The summed E-state index contributed by atoms with van der Waals surface area (Å²) in [6.45, 7) is 8.61. The number of nitrogens with one attached hydrogen (secondary N) is 1. The number of methoxy groups -OCH3 is 1. The number of hydrogen-bond acceptors (Lipinski definition) is 9. The maximum atomic E-state index is 12.6. The van der Waals surface area contributed by atoms with Crippen molar-refractivity contribution in [1.29, 1.82) is 0 Å². The molecule has 0 atom stereocenters. The Morgan fingerprint density at radius 3 is 2.63 bits per heavy atom. The van der Waals surface area contributed by atoms with Crippen LogP contribution in [0, 0.1) is 6.92 Å². The molecule has 0 fully saturated rings. The van der Waals surface area contributed by atoms with Gasteiger partial charge in [0.25, 0.3) is 0 Å². The van der Waals surface area contributed by atoms with Crippen molar-refractivity contribution in [3.63, 3.8) is 0 Å². The first-order valence-corrected chi connectivity index (χ1v) is 14.0. The standard InChI is InChI=1S/C32H33N7O4/c1-20-16-22(6-9-26(20)42-23-12-15-39-27(17-23)34-19-36-39)37-30-28-25(33-18-35-30)8-7-24(29(28)41-5)21-10-13-38(14-11-21)31(40)43-32(2,3)4/h6-10,12,15-19H,11,13-14H2,1-5H3,(H,33,35,37). The van der Waals surface area contributed by atoms with Crippen LogP contribution in [-0.4, -0.2) is 61.4 Å². The van der Waals surface area contributed by atoms with E-state index < -0.39 is 5.60 Å². The van der Waals surface area contributed by atoms with Crippen molar-refractivity contribution in [2.45, 2.75) is 39.7 Å². The van der Waals surface area contributed by atoms with Gasteiger partial charge in [0.2, 0.25) is 0 Å². The van der Waals surface area contributed by atoms with Crippen molar-refractivity contribution in [1.82, 2.24) is 29.5 Å². The molecule has 0 aliphatic carbocycles. The van der Waals surface area contributed by atoms with Crippen LogP contribution in [0.4, 0.5) is 16.3 Å². The molecule has 1 aliphatic heterocycles. The Labute approximate surface area is 249 Å². The Bertz CT molecular complexity index is 1860. The summed E-state index contributed by atoms with van der Waals surface area (Å²) in [5, 5.41) is 8.35. The predicted molar refractivity (Wildman–Crippen MR) is 164 cm³/mol. The van der Waals surface area contributed by atoms with Gasteiger partial charge < -0.3 is 24.4 Å². The summed E-state index contributed by atoms with van der Waals surface area (Å²) in [6.07, 6.45) is 7.26. The Kier molecular flexibility index (Phi) is 7.31. The van der Waals surface area contributed by atoms with E-state index in [9.17, 15) is 4.79 Å². The summed E-state index contributed by atoms with van der Waals surface area (Å²) in [6, 6.07) is 13.5. The highest BCUT2D eigenvalue weighted by Crippen LogP contribution is 2.40. The van der Waals surface area contributed by atoms with Crippen LogP contribution in [0.2, 0.25) is 0 Å². The first-order chi connectivity index (χ1) is 20.7. The first-order valence-electron chi connectivity index (χ1n) is 14.0. The van der Waals surface area contributed by atoms with Gasteiger partial charge in [-0.3, -0.25) is 0 Å². The largest absolute Gasteiger partial charge is 0.495 e. The summed E-state index contributed by atoms with van der Waals surface area (Å²) in [4.78, 5) is 27.5. The number of carbonyl (C=O) groups excluding carboxylic acids is 1. The number of amides is 1. The Balaban J connectivity index is 1.25. The number of aryl methyl sites for hydroxylation is 1. The Morgan fingerprint density at radius 1 is 1.02 bits per heavy atom. The zero-order valence-corrected chi connectivity index (χ0v) is 24.8. The molecule has 0 radical (unpaired) electrons. The molecule has 4 heterocycles. The smallest absolute Gasteiger partial charge is 0.410 e. The molecule has 2 aromatic carbocycles. The molecule has 1 amide bonds. The van der Waals surface area contributed by atoms with Crippen LogP contribution in [0.1, 0.15) is 38.3 Å². The van der Waals surface area contributed by atoms with Gasteiger partial charge in [-0.15, -0.1) is 0 Å². The van der Waals surface area contributed by atoms with Crippen molar-refractivity contribution < 1.29 is 19.0 Å². The maximum Gasteiger partial charge on any atom is 0.410 e. The van der Waals surface area contributed by atoms with Crippen molar-refractivity contribution in [2.75, 3.05) is 25.5 Å². The van der Waals surface area contributed by atoms with Crippen LogP contribution in [-0.2, 0) is 4.74 Å². The third kappa shape index (κ3) is 5.92. The first kappa shape index (κ1) is 28.0. The third-order valence-corrected chi connectivity index (χ3v) is 7.08. The van der Waals surface area contributed by atoms with Crippen LogP contribution in [0.3, 0.4) is 0 Å². The van der Waals surface area contributed by atoms with Crippen molar-refractivity contribution in [3.05, 3.63) is 78.5 Å². The maximum absolute atomic E-state index is 12.6. The van der Waals surface area contributed by atoms with Gasteiger partial charge in [-0.05, 0) is 81.7 Å². The van der Waals surface area contributed by atoms with Gasteiger partial charge in [-0.1, -0.05) is 6.08 Å². The summed E-state index contributed by atoms with van der Waals surface area (Å²) in [5.74, 6) is 2.71. The van der Waals surface area contributed by atoms with Gasteiger partial charge in [0, 0.05) is 36.6 Å². The number of pyridine rings is 1. The molecule has 11 heteroatoms. The highest BCUT2D eigenvalue weighted by Gasteiger charge is 2.25. The fourth-order valence-corrected chi connectivity index (χ4v) is 5.05. The van der Waals surface area contributed by atoms with E-state index in [0.29, 0.717) is 42.5 Å². The molecule has 1 aliphatic rings. The minimum atomic E-state index is -0.536. The molecule has 0 spiro atoms. The average Bonchev–Trinajstić information content (AvgIpc) is 3.45. The second-order valence-electron chi connectivity index (χ2n) is 11.3. The van der Waals surface area contributed by atoms with E-state index in [2.05, 4.69) is 31.4 Å². The molecule has 0 saturated carbocycles. The molecule has 0 bridgehead atoms. The summed E-state index contributed by atoms with van der Waals surface area (Å²) < 4.78 is 19.3. The number of aromatic nitrogens is 5. The molecule has 43 heavy (non-hydrogen) atoms. The third-order valence-electron chi connectivity index (χ3n) is 7.08. The SMILES string of the molecule is COc1c(C2=CCN(C(=O)OC(C)(C)C)CC2)ccc2ncnc(Nc3ccc(Oc4ccn5ncnc5c4)c(C)c3)c12. The number of nitrogens with zero attached hydrogens (tertiary/aromatic N) is 6. The zero-order chi connectivity index (χ0) is 30.1. The predicted octanol–water partition coefficient (Wildman–Crippen LogP) is 6.55. The van der Waals surface area contributed by atoms with E-state index in [1.165, 1.54) is 12.7 Å². The fourth-order valence-electron chi connectivity index (χ4n) is 5.05. The van der Waals surface area contributed by atoms with E-state index in [1.807, 2.05) is 76.4 Å². The monoisotopic (exact) mass is 579 g/mol. The lowest BCUT2D eigenvalue weighted by Gasteiger charge is -2.30. The molecule has 0 unspecified atom stereocenters. The Morgan fingerprint density at radius 2 is 1.88 bits per heavy atom. The topological polar surface area (TPSA) is 116 Å². The molecular formula is C32H33N7O4. The quantitative estimate of drug-likeness (QED) is 0.239. The summed E-state index contributed by atoms with van der Waals surface area (Å²) >= 11 is 0. The normalized spacial score (nSPS) is 13.6. The van der Waals surface area contributed by atoms with Gasteiger partial charge in [0.05, 0.1) is 18.0 Å². The number of fused-ring (bicyclic) bond motifs is 2. The van der Waals surface area contributed by atoms with Crippen LogP contribution >= 0.6 is 0 Å². The molecule has 1 N–H and O–H groups in total. The number of benzene rings is 2. The molecule has 3 aromatic heterocycles. The van der Waals surface area contributed by atoms with E-state index in [0.717, 1.165) is 39.0 Å². The minimum Gasteiger partial charge on any atom is -0.495 e. The lowest BCUT2D eigenvalue weighted by atomic mass is 9.96. The fraction of sp³-hybridized carbons (Fsp3) is 0.281. The van der Waals surface area contributed by atoms with Gasteiger partial charge >= 0.3 is 6.09 Å². The van der Waals surface area contributed by atoms with Gasteiger partial charge in [0.1, 0.15) is 41.3 Å². The van der Waals surface area contributed by atoms with Crippen molar-refractivity contribution in [3.8, 4) is 17.2 Å². The van der Waals surface area contributed by atoms with Gasteiger partial charge in [-0.25, -0.2) is 24.3 Å². The lowest BCUT2D eigenvalue weighted by Crippen LogP contribution is -2.39. The number of carbonyl (C=O) groups is 1. The molecule has 5 aromatic rings.